The van der Waals surface area contributed by atoms with Crippen LogP contribution in [0.15, 0.2) is 41.8 Å². The van der Waals surface area contributed by atoms with Crippen LogP contribution in [0.5, 0.6) is 0 Å². The maximum absolute atomic E-state index is 4.43. The average Bonchev–Trinajstić information content (AvgIpc) is 2.32. The van der Waals surface area contributed by atoms with Gasteiger partial charge in [-0.2, -0.15) is 0 Å². The number of fused-ring (bicyclic) bond motifs is 2. The molecule has 0 atom stereocenters. The lowest BCUT2D eigenvalue weighted by Gasteiger charge is -1.92. The minimum absolute atomic E-state index is 0.897. The van der Waals surface area contributed by atoms with Crippen molar-refractivity contribution in [2.45, 2.75) is 0 Å². The van der Waals surface area contributed by atoms with Gasteiger partial charge >= 0.3 is 0 Å². The summed E-state index contributed by atoms with van der Waals surface area (Å²) in [5.74, 6) is 0. The zero-order chi connectivity index (χ0) is 10.8. The summed E-state index contributed by atoms with van der Waals surface area (Å²) in [6, 6.07) is 8.01. The monoisotopic (exact) mass is 207 g/mol. The summed E-state index contributed by atoms with van der Waals surface area (Å²) in [5.41, 5.74) is 0. The molecule has 2 heterocycles. The first-order chi connectivity index (χ1) is 7.93. The molecule has 1 aromatic heterocycles. The molecule has 0 radical (unpaired) electrons. The fourth-order valence-electron chi connectivity index (χ4n) is 1.64. The molecule has 0 saturated carbocycles. The summed E-state index contributed by atoms with van der Waals surface area (Å²) in [5, 5.41) is 3.90. The maximum Gasteiger partial charge on any atom is 0.116 e. The SMILES string of the molecule is C1=c2ccccc2=NC=c2cncnc2=C1. The lowest BCUT2D eigenvalue weighted by molar-refractivity contribution is 1.10. The van der Waals surface area contributed by atoms with Crippen LogP contribution in [0.3, 0.4) is 0 Å². The lowest BCUT2D eigenvalue weighted by atomic mass is 10.2. The molecular weight excluding hydrogens is 198 g/mol. The number of benzene rings is 1. The molecular formula is C13H9N3. The lowest BCUT2D eigenvalue weighted by Crippen LogP contribution is -2.31. The number of hydrogen-bond acceptors (Lipinski definition) is 3. The van der Waals surface area contributed by atoms with Crippen molar-refractivity contribution in [3.05, 3.63) is 57.9 Å². The summed E-state index contributed by atoms with van der Waals surface area (Å²) in [7, 11) is 0. The quantitative estimate of drug-likeness (QED) is 0.562. The Kier molecular flexibility index (Phi) is 2.07. The van der Waals surface area contributed by atoms with Gasteiger partial charge in [0.05, 0.1) is 10.7 Å². The standard InChI is InChI=1S/C13H9N3/c1-2-4-12-10(3-1)5-6-13-11(8-15-12)7-14-9-16-13/h1-9H. The summed E-state index contributed by atoms with van der Waals surface area (Å²) in [4.78, 5) is 12.6. The topological polar surface area (TPSA) is 38.1 Å². The van der Waals surface area contributed by atoms with Crippen LogP contribution >= 0.6 is 0 Å². The smallest absolute Gasteiger partial charge is 0.116 e. The molecule has 1 aliphatic rings. The first-order valence-electron chi connectivity index (χ1n) is 5.05. The number of nitrogens with zero attached hydrogens (tertiary/aromatic N) is 3. The highest BCUT2D eigenvalue weighted by Crippen LogP contribution is 1.76. The second-order valence-corrected chi connectivity index (χ2v) is 3.51. The fourth-order valence-corrected chi connectivity index (χ4v) is 1.64. The Morgan fingerprint density at radius 3 is 2.88 bits per heavy atom. The highest BCUT2D eigenvalue weighted by molar-refractivity contribution is 5.60. The van der Waals surface area contributed by atoms with Crippen molar-refractivity contribution in [1.29, 1.82) is 0 Å². The molecule has 0 spiro atoms. The van der Waals surface area contributed by atoms with Crippen LogP contribution in [0, 0.1) is 0 Å². The van der Waals surface area contributed by atoms with Crippen molar-refractivity contribution in [3.63, 3.8) is 0 Å². The van der Waals surface area contributed by atoms with Crippen molar-refractivity contribution in [3.8, 4) is 0 Å². The second-order valence-electron chi connectivity index (χ2n) is 3.51. The molecule has 3 nitrogen and oxygen atoms in total. The normalized spacial score (nSPS) is 12.5. The summed E-state index contributed by atoms with van der Waals surface area (Å²) in [6.45, 7) is 0. The van der Waals surface area contributed by atoms with Crippen LogP contribution in [0.4, 0.5) is 0 Å². The second kappa shape index (κ2) is 3.70. The Bertz CT molecular complexity index is 627. The van der Waals surface area contributed by atoms with E-state index in [0.717, 1.165) is 21.1 Å². The summed E-state index contributed by atoms with van der Waals surface area (Å²) in [6.07, 6.45) is 9.13. The van der Waals surface area contributed by atoms with E-state index in [0.29, 0.717) is 0 Å². The van der Waals surface area contributed by atoms with Crippen molar-refractivity contribution < 1.29 is 0 Å². The van der Waals surface area contributed by atoms with Gasteiger partial charge in [-0.25, -0.2) is 9.97 Å². The molecule has 0 aliphatic carbocycles. The minimum Gasteiger partial charge on any atom is -0.256 e. The summed E-state index contributed by atoms with van der Waals surface area (Å²) < 4.78 is 0. The van der Waals surface area contributed by atoms with E-state index < -0.39 is 0 Å². The van der Waals surface area contributed by atoms with E-state index in [1.165, 1.54) is 0 Å². The van der Waals surface area contributed by atoms with Gasteiger partial charge in [0.2, 0.25) is 0 Å². The Morgan fingerprint density at radius 1 is 0.938 bits per heavy atom. The third kappa shape index (κ3) is 1.52. The number of aromatic nitrogens is 2. The van der Waals surface area contributed by atoms with E-state index in [2.05, 4.69) is 15.0 Å². The fraction of sp³-hybridized carbons (Fsp3) is 0. The Labute approximate surface area is 91.8 Å². The molecule has 0 saturated heterocycles. The average molecular weight is 207 g/mol. The van der Waals surface area contributed by atoms with Crippen LogP contribution in [-0.2, 0) is 0 Å². The zero-order valence-corrected chi connectivity index (χ0v) is 8.54. The highest BCUT2D eigenvalue weighted by Gasteiger charge is 1.89. The molecule has 2 aromatic rings. The first kappa shape index (κ1) is 8.97. The van der Waals surface area contributed by atoms with E-state index in [9.17, 15) is 0 Å². The molecule has 0 unspecified atom stereocenters. The van der Waals surface area contributed by atoms with Gasteiger partial charge in [-0.3, -0.25) is 4.99 Å². The molecule has 0 bridgehead atoms. The first-order valence-corrected chi connectivity index (χ1v) is 5.05. The van der Waals surface area contributed by atoms with Gasteiger partial charge in [0.1, 0.15) is 6.33 Å². The molecule has 76 valence electrons. The Morgan fingerprint density at radius 2 is 1.88 bits per heavy atom. The van der Waals surface area contributed by atoms with E-state index in [1.54, 1.807) is 18.7 Å². The van der Waals surface area contributed by atoms with Gasteiger partial charge in [0.25, 0.3) is 0 Å². The number of para-hydroxylation sites is 1. The third-order valence-electron chi connectivity index (χ3n) is 2.47. The molecule has 3 rings (SSSR count). The minimum atomic E-state index is 0.897. The van der Waals surface area contributed by atoms with Gasteiger partial charge in [0, 0.05) is 22.8 Å². The predicted molar refractivity (Wildman–Crippen MR) is 61.9 cm³/mol. The van der Waals surface area contributed by atoms with Crippen LogP contribution in [-0.4, -0.2) is 9.97 Å². The molecule has 1 aliphatic heterocycles. The predicted octanol–water partition coefficient (Wildman–Crippen LogP) is -0.891. The highest BCUT2D eigenvalue weighted by atomic mass is 14.8. The van der Waals surface area contributed by atoms with E-state index in [4.69, 9.17) is 0 Å². The van der Waals surface area contributed by atoms with E-state index >= 15 is 0 Å². The number of rotatable bonds is 0. The molecule has 16 heavy (non-hydrogen) atoms. The van der Waals surface area contributed by atoms with Crippen molar-refractivity contribution in [1.82, 2.24) is 9.97 Å². The molecule has 0 fully saturated rings. The van der Waals surface area contributed by atoms with Crippen molar-refractivity contribution >= 4 is 18.4 Å². The summed E-state index contributed by atoms with van der Waals surface area (Å²) >= 11 is 0. The largest absolute Gasteiger partial charge is 0.256 e. The molecule has 3 heteroatoms. The third-order valence-corrected chi connectivity index (χ3v) is 2.47. The van der Waals surface area contributed by atoms with Gasteiger partial charge < -0.3 is 0 Å². The Hall–Kier alpha value is -2.29. The van der Waals surface area contributed by atoms with Gasteiger partial charge in [0.15, 0.2) is 0 Å². The molecule has 0 N–H and O–H groups in total. The van der Waals surface area contributed by atoms with Gasteiger partial charge in [-0.15, -0.1) is 0 Å². The molecule has 1 aromatic carbocycles. The van der Waals surface area contributed by atoms with Gasteiger partial charge in [-0.1, -0.05) is 24.3 Å². The van der Waals surface area contributed by atoms with Crippen molar-refractivity contribution in [2.24, 2.45) is 4.99 Å². The Balaban J connectivity index is 2.45. The number of hydrogen-bond donors (Lipinski definition) is 0. The van der Waals surface area contributed by atoms with Crippen LogP contribution in [0.2, 0.25) is 0 Å². The zero-order valence-electron chi connectivity index (χ0n) is 8.54. The van der Waals surface area contributed by atoms with E-state index in [-0.39, 0.29) is 0 Å². The van der Waals surface area contributed by atoms with Crippen molar-refractivity contribution in [2.75, 3.05) is 0 Å². The van der Waals surface area contributed by atoms with Gasteiger partial charge in [-0.05, 0) is 12.1 Å². The van der Waals surface area contributed by atoms with Crippen LogP contribution < -0.4 is 21.1 Å². The van der Waals surface area contributed by atoms with Crippen LogP contribution in [0.1, 0.15) is 0 Å². The van der Waals surface area contributed by atoms with Crippen LogP contribution in [0.25, 0.3) is 18.4 Å². The van der Waals surface area contributed by atoms with E-state index in [1.807, 2.05) is 36.4 Å². The molecule has 0 amide bonds. The maximum atomic E-state index is 4.43.